The minimum Gasteiger partial charge on any atom is -0.493 e. The summed E-state index contributed by atoms with van der Waals surface area (Å²) in [6.07, 6.45) is 0. The molecule has 0 spiro atoms. The van der Waals surface area contributed by atoms with Gasteiger partial charge in [0.2, 0.25) is 0 Å². The average molecular weight is 444 g/mol. The van der Waals surface area contributed by atoms with Crippen LogP contribution in [0.5, 0.6) is 11.5 Å². The number of nitrogens with one attached hydrogen (secondary N) is 3. The van der Waals surface area contributed by atoms with Crippen LogP contribution in [0.25, 0.3) is 0 Å². The van der Waals surface area contributed by atoms with Crippen molar-refractivity contribution < 1.29 is 19.1 Å². The zero-order valence-corrected chi connectivity index (χ0v) is 19.0. The van der Waals surface area contributed by atoms with Crippen molar-refractivity contribution in [3.8, 4) is 11.5 Å². The molecule has 166 valence electrons. The number of rotatable bonds is 8. The van der Waals surface area contributed by atoms with Gasteiger partial charge in [0, 0.05) is 5.56 Å². The third kappa shape index (κ3) is 8.64. The molecule has 0 unspecified atom stereocenters. The molecule has 0 heterocycles. The van der Waals surface area contributed by atoms with Gasteiger partial charge in [0.25, 0.3) is 11.8 Å². The second kappa shape index (κ2) is 11.9. The molecule has 0 saturated heterocycles. The van der Waals surface area contributed by atoms with Crippen molar-refractivity contribution >= 4 is 29.1 Å². The highest BCUT2D eigenvalue weighted by molar-refractivity contribution is 7.80. The second-order valence-corrected chi connectivity index (χ2v) is 8.11. The molecule has 0 aliphatic rings. The third-order valence-corrected chi connectivity index (χ3v) is 4.34. The van der Waals surface area contributed by atoms with E-state index in [1.54, 1.807) is 24.3 Å². The van der Waals surface area contributed by atoms with Crippen LogP contribution in [-0.4, -0.2) is 30.1 Å². The first kappa shape index (κ1) is 24.1. The lowest BCUT2D eigenvalue weighted by molar-refractivity contribution is -0.123. The largest absolute Gasteiger partial charge is 0.493 e. The molecule has 0 fully saturated rings. The fourth-order valence-corrected chi connectivity index (χ4v) is 2.60. The second-order valence-electron chi connectivity index (χ2n) is 7.70. The molecule has 2 amide bonds. The topological polar surface area (TPSA) is 88.7 Å². The van der Waals surface area contributed by atoms with Crippen LogP contribution in [0.15, 0.2) is 48.5 Å². The van der Waals surface area contributed by atoms with Gasteiger partial charge in [-0.2, -0.15) is 0 Å². The first-order valence-corrected chi connectivity index (χ1v) is 10.5. The lowest BCUT2D eigenvalue weighted by Gasteiger charge is -2.13. The van der Waals surface area contributed by atoms with Crippen LogP contribution in [0, 0.1) is 5.92 Å². The van der Waals surface area contributed by atoms with E-state index in [0.29, 0.717) is 35.5 Å². The monoisotopic (exact) mass is 443 g/mol. The highest BCUT2D eigenvalue weighted by Crippen LogP contribution is 2.18. The number of benzene rings is 2. The van der Waals surface area contributed by atoms with Gasteiger partial charge in [0.1, 0.15) is 11.5 Å². The van der Waals surface area contributed by atoms with Crippen molar-refractivity contribution in [2.24, 2.45) is 5.92 Å². The number of hydrogen-bond donors (Lipinski definition) is 3. The van der Waals surface area contributed by atoms with Gasteiger partial charge in [-0.1, -0.05) is 45.9 Å². The van der Waals surface area contributed by atoms with Gasteiger partial charge in [0.15, 0.2) is 11.7 Å². The zero-order chi connectivity index (χ0) is 22.8. The lowest BCUT2D eigenvalue weighted by atomic mass is 10.0. The highest BCUT2D eigenvalue weighted by Gasteiger charge is 2.10. The minimum absolute atomic E-state index is 0.0341. The van der Waals surface area contributed by atoms with E-state index in [9.17, 15) is 9.59 Å². The van der Waals surface area contributed by atoms with Crippen molar-refractivity contribution in [2.45, 2.75) is 33.6 Å². The van der Waals surface area contributed by atoms with Gasteiger partial charge in [0.05, 0.1) is 6.61 Å². The smallest absolute Gasteiger partial charge is 0.276 e. The molecule has 0 saturated carbocycles. The summed E-state index contributed by atoms with van der Waals surface area (Å²) >= 11 is 5.05. The van der Waals surface area contributed by atoms with E-state index in [0.717, 1.165) is 0 Å². The molecule has 8 heteroatoms. The maximum absolute atomic E-state index is 12.3. The molecular formula is C23H29N3O4S. The summed E-state index contributed by atoms with van der Waals surface area (Å²) in [5.41, 5.74) is 6.46. The number of thiocarbonyl (C=S) groups is 1. The van der Waals surface area contributed by atoms with Gasteiger partial charge >= 0.3 is 0 Å². The van der Waals surface area contributed by atoms with Crippen molar-refractivity contribution in [2.75, 3.05) is 13.2 Å². The summed E-state index contributed by atoms with van der Waals surface area (Å²) < 4.78 is 11.1. The molecule has 0 aromatic heterocycles. The molecule has 7 nitrogen and oxygen atoms in total. The van der Waals surface area contributed by atoms with Gasteiger partial charge in [-0.25, -0.2) is 0 Å². The summed E-state index contributed by atoms with van der Waals surface area (Å²) in [4.78, 5) is 24.3. The number of amides is 2. The maximum Gasteiger partial charge on any atom is 0.276 e. The highest BCUT2D eigenvalue weighted by atomic mass is 32.1. The van der Waals surface area contributed by atoms with E-state index in [1.807, 2.05) is 38.1 Å². The molecular weight excluding hydrogens is 414 g/mol. The molecule has 0 aliphatic carbocycles. The average Bonchev–Trinajstić information content (AvgIpc) is 2.75. The summed E-state index contributed by atoms with van der Waals surface area (Å²) in [6.45, 7) is 8.66. The first-order valence-electron chi connectivity index (χ1n) is 10.1. The van der Waals surface area contributed by atoms with Gasteiger partial charge < -0.3 is 9.47 Å². The third-order valence-electron chi connectivity index (χ3n) is 4.14. The quantitative estimate of drug-likeness (QED) is 0.427. The van der Waals surface area contributed by atoms with Crippen molar-refractivity contribution in [3.05, 3.63) is 59.7 Å². The van der Waals surface area contributed by atoms with Crippen LogP contribution in [0.2, 0.25) is 0 Å². The SMILES string of the molecule is CC(C)COc1cccc(C(=O)NC(=S)NNC(=O)COc2ccc(C(C)C)cc2)c1. The van der Waals surface area contributed by atoms with E-state index in [-0.39, 0.29) is 11.7 Å². The maximum atomic E-state index is 12.3. The number of hydrazine groups is 1. The van der Waals surface area contributed by atoms with Crippen LogP contribution in [0.4, 0.5) is 0 Å². The van der Waals surface area contributed by atoms with Crippen LogP contribution in [-0.2, 0) is 4.79 Å². The summed E-state index contributed by atoms with van der Waals surface area (Å²) in [7, 11) is 0. The predicted octanol–water partition coefficient (Wildman–Crippen LogP) is 3.56. The van der Waals surface area contributed by atoms with E-state index in [1.165, 1.54) is 5.56 Å². The predicted molar refractivity (Wildman–Crippen MR) is 124 cm³/mol. The number of hydrogen-bond acceptors (Lipinski definition) is 5. The van der Waals surface area contributed by atoms with E-state index >= 15 is 0 Å². The van der Waals surface area contributed by atoms with Gasteiger partial charge in [-0.15, -0.1) is 0 Å². The van der Waals surface area contributed by atoms with Crippen LogP contribution >= 0.6 is 12.2 Å². The van der Waals surface area contributed by atoms with Crippen LogP contribution < -0.4 is 25.6 Å². The Bertz CT molecular complexity index is 898. The molecule has 31 heavy (non-hydrogen) atoms. The summed E-state index contributed by atoms with van der Waals surface area (Å²) in [6, 6.07) is 14.4. The molecule has 2 aromatic rings. The number of carbonyl (C=O) groups excluding carboxylic acids is 2. The molecule has 2 aromatic carbocycles. The van der Waals surface area contributed by atoms with Gasteiger partial charge in [-0.3, -0.25) is 25.8 Å². The molecule has 0 radical (unpaired) electrons. The minimum atomic E-state index is -0.436. The Kier molecular flexibility index (Phi) is 9.27. The Labute approximate surface area is 188 Å². The Balaban J connectivity index is 1.75. The molecule has 0 atom stereocenters. The van der Waals surface area contributed by atoms with Crippen molar-refractivity contribution in [3.63, 3.8) is 0 Å². The number of ether oxygens (including phenoxy) is 2. The number of carbonyl (C=O) groups is 2. The Morgan fingerprint density at radius 3 is 2.29 bits per heavy atom. The molecule has 3 N–H and O–H groups in total. The van der Waals surface area contributed by atoms with Crippen LogP contribution in [0.1, 0.15) is 49.5 Å². The van der Waals surface area contributed by atoms with Gasteiger partial charge in [-0.05, 0) is 59.9 Å². The fourth-order valence-electron chi connectivity index (χ4n) is 2.46. The Morgan fingerprint density at radius 2 is 1.65 bits per heavy atom. The summed E-state index contributed by atoms with van der Waals surface area (Å²) in [5.74, 6) is 1.15. The fraction of sp³-hybridized carbons (Fsp3) is 0.348. The van der Waals surface area contributed by atoms with Crippen molar-refractivity contribution in [1.82, 2.24) is 16.2 Å². The van der Waals surface area contributed by atoms with Crippen LogP contribution in [0.3, 0.4) is 0 Å². The Morgan fingerprint density at radius 1 is 0.935 bits per heavy atom. The normalized spacial score (nSPS) is 10.5. The lowest BCUT2D eigenvalue weighted by Crippen LogP contribution is -2.49. The van der Waals surface area contributed by atoms with E-state index in [2.05, 4.69) is 30.0 Å². The zero-order valence-electron chi connectivity index (χ0n) is 18.2. The van der Waals surface area contributed by atoms with E-state index < -0.39 is 11.8 Å². The van der Waals surface area contributed by atoms with E-state index in [4.69, 9.17) is 21.7 Å². The standard InChI is InChI=1S/C23H29N3O4S/c1-15(2)13-29-20-7-5-6-18(12-20)22(28)24-23(31)26-25-21(27)14-30-19-10-8-17(9-11-19)16(3)4/h5-12,15-16H,13-14H2,1-4H3,(H,25,27)(H2,24,26,28,31). The van der Waals surface area contributed by atoms with Crippen molar-refractivity contribution in [1.29, 1.82) is 0 Å². The molecule has 2 rings (SSSR count). The first-order chi connectivity index (χ1) is 14.7. The molecule has 0 bridgehead atoms. The molecule has 0 aliphatic heterocycles. The summed E-state index contributed by atoms with van der Waals surface area (Å²) in [5, 5.41) is 2.47. The Hall–Kier alpha value is -3.13.